The second-order valence-electron chi connectivity index (χ2n) is 9.09. The topological polar surface area (TPSA) is 65.6 Å². The number of nitrogens with zero attached hydrogens (tertiary/aromatic N) is 1. The van der Waals surface area contributed by atoms with Crippen LogP contribution in [0.25, 0.3) is 10.9 Å². The largest absolute Gasteiger partial charge is 0.468 e. The van der Waals surface area contributed by atoms with Crippen molar-refractivity contribution in [1.82, 2.24) is 9.88 Å². The van der Waals surface area contributed by atoms with E-state index in [9.17, 15) is 9.90 Å². The number of hydrogen-bond donors (Lipinski definition) is 2. The lowest BCUT2D eigenvalue weighted by atomic mass is 9.45. The summed E-state index contributed by atoms with van der Waals surface area (Å²) in [6.07, 6.45) is 3.63. The van der Waals surface area contributed by atoms with Crippen molar-refractivity contribution in [3.63, 3.8) is 0 Å². The van der Waals surface area contributed by atoms with Crippen LogP contribution in [0.2, 0.25) is 0 Å². The van der Waals surface area contributed by atoms with Gasteiger partial charge in [-0.3, -0.25) is 9.69 Å². The fourth-order valence-corrected chi connectivity index (χ4v) is 6.85. The summed E-state index contributed by atoms with van der Waals surface area (Å²) in [7, 11) is 1.44. The number of hydrogen-bond acceptors (Lipinski definition) is 4. The normalized spacial score (nSPS) is 40.0. The number of rotatable bonds is 2. The zero-order valence-electron chi connectivity index (χ0n) is 17.0. The van der Waals surface area contributed by atoms with Crippen LogP contribution in [-0.2, 0) is 21.5 Å². The van der Waals surface area contributed by atoms with Gasteiger partial charge in [0.15, 0.2) is 0 Å². The van der Waals surface area contributed by atoms with Gasteiger partial charge in [-0.05, 0) is 38.3 Å². The number of fused-ring (bicyclic) bond motifs is 4. The number of para-hydroxylation sites is 1. The molecule has 4 aliphatic heterocycles. The SMILES string of the molecule is C/C=C1\CN2[C@@H]3Cc4c([nH]c5ccccc45)[C@@]2(C)C[C@]1(C)[C@@]3(CO)C(=O)OC. The van der Waals surface area contributed by atoms with Gasteiger partial charge in [0.25, 0.3) is 0 Å². The van der Waals surface area contributed by atoms with Gasteiger partial charge in [-0.1, -0.05) is 36.8 Å². The standard InChI is InChI=1S/C23H28N2O3/c1-5-14-11-25-18-10-16-15-8-6-7-9-17(15)24-19(16)22(25,3)12-21(14,2)23(18,13-26)20(27)28-4/h5-9,18,24,26H,10-13H2,1-4H3/b14-5+/t18-,21+,22-,23-/m1/s1. The van der Waals surface area contributed by atoms with E-state index in [4.69, 9.17) is 4.74 Å². The summed E-state index contributed by atoms with van der Waals surface area (Å²) in [5.41, 5.74) is 3.30. The van der Waals surface area contributed by atoms with Gasteiger partial charge in [0.2, 0.25) is 0 Å². The van der Waals surface area contributed by atoms with E-state index in [0.717, 1.165) is 24.9 Å². The number of ether oxygens (including phenoxy) is 1. The number of aromatic amines is 1. The number of methoxy groups -OCH3 is 1. The molecule has 6 rings (SSSR count). The molecule has 3 saturated heterocycles. The fourth-order valence-electron chi connectivity index (χ4n) is 6.85. The quantitative estimate of drug-likeness (QED) is 0.621. The van der Waals surface area contributed by atoms with Crippen molar-refractivity contribution in [2.75, 3.05) is 20.3 Å². The van der Waals surface area contributed by atoms with E-state index < -0.39 is 10.8 Å². The fraction of sp³-hybridized carbons (Fsp3) is 0.522. The zero-order valence-corrected chi connectivity index (χ0v) is 17.0. The predicted octanol–water partition coefficient (Wildman–Crippen LogP) is 3.13. The minimum atomic E-state index is -0.961. The first-order valence-corrected chi connectivity index (χ1v) is 10.1. The van der Waals surface area contributed by atoms with Gasteiger partial charge in [0.1, 0.15) is 5.41 Å². The molecule has 1 unspecified atom stereocenters. The van der Waals surface area contributed by atoms with E-state index in [1.165, 1.54) is 29.3 Å². The number of esters is 1. The van der Waals surface area contributed by atoms with Gasteiger partial charge in [-0.15, -0.1) is 0 Å². The maximum Gasteiger partial charge on any atom is 0.316 e. The highest BCUT2D eigenvalue weighted by Crippen LogP contribution is 2.67. The molecule has 1 aromatic carbocycles. The van der Waals surface area contributed by atoms with E-state index >= 15 is 0 Å². The van der Waals surface area contributed by atoms with Crippen molar-refractivity contribution in [3.8, 4) is 0 Å². The average Bonchev–Trinajstić information content (AvgIpc) is 3.07. The molecule has 2 aromatic rings. The predicted molar refractivity (Wildman–Crippen MR) is 108 cm³/mol. The number of piperidine rings is 3. The van der Waals surface area contributed by atoms with Crippen LogP contribution in [0.4, 0.5) is 0 Å². The third-order valence-electron chi connectivity index (χ3n) is 8.21. The number of nitrogens with one attached hydrogen (secondary N) is 1. The van der Waals surface area contributed by atoms with E-state index in [1.54, 1.807) is 0 Å². The second-order valence-corrected chi connectivity index (χ2v) is 9.09. The average molecular weight is 380 g/mol. The number of allylic oxidation sites excluding steroid dienone is 1. The highest BCUT2D eigenvalue weighted by Gasteiger charge is 2.73. The Bertz CT molecular complexity index is 1020. The minimum absolute atomic E-state index is 0.0934. The maximum absolute atomic E-state index is 13.3. The molecule has 5 heterocycles. The van der Waals surface area contributed by atoms with Crippen LogP contribution in [0.1, 0.15) is 38.4 Å². The Morgan fingerprint density at radius 1 is 1.39 bits per heavy atom. The van der Waals surface area contributed by atoms with Crippen molar-refractivity contribution in [2.45, 2.75) is 45.2 Å². The molecule has 5 nitrogen and oxygen atoms in total. The third kappa shape index (κ3) is 1.74. The summed E-state index contributed by atoms with van der Waals surface area (Å²) in [6, 6.07) is 8.29. The van der Waals surface area contributed by atoms with Crippen LogP contribution in [0.5, 0.6) is 0 Å². The molecule has 0 aliphatic carbocycles. The first-order valence-electron chi connectivity index (χ1n) is 10.1. The van der Waals surface area contributed by atoms with Crippen molar-refractivity contribution >= 4 is 16.9 Å². The molecule has 2 N–H and O–H groups in total. The number of aliphatic hydroxyl groups is 1. The van der Waals surface area contributed by atoms with Gasteiger partial charge in [-0.25, -0.2) is 0 Å². The first kappa shape index (κ1) is 18.0. The molecule has 0 spiro atoms. The van der Waals surface area contributed by atoms with Crippen LogP contribution in [0, 0.1) is 10.8 Å². The molecule has 148 valence electrons. The van der Waals surface area contributed by atoms with Gasteiger partial charge in [0.05, 0.1) is 19.3 Å². The Morgan fingerprint density at radius 3 is 2.82 bits per heavy atom. The summed E-state index contributed by atoms with van der Waals surface area (Å²) in [6.45, 7) is 7.10. The number of aliphatic hydroxyl groups excluding tert-OH is 1. The van der Waals surface area contributed by atoms with Crippen molar-refractivity contribution in [3.05, 3.63) is 47.2 Å². The van der Waals surface area contributed by atoms with Gasteiger partial charge >= 0.3 is 5.97 Å². The van der Waals surface area contributed by atoms with Crippen molar-refractivity contribution in [1.29, 1.82) is 0 Å². The smallest absolute Gasteiger partial charge is 0.316 e. The molecule has 0 amide bonds. The molecule has 1 aromatic heterocycles. The van der Waals surface area contributed by atoms with Crippen molar-refractivity contribution < 1.29 is 14.6 Å². The number of H-pyrrole nitrogens is 1. The molecule has 3 fully saturated rings. The van der Waals surface area contributed by atoms with Crippen LogP contribution >= 0.6 is 0 Å². The van der Waals surface area contributed by atoms with Crippen molar-refractivity contribution in [2.24, 2.45) is 10.8 Å². The van der Waals surface area contributed by atoms with Crippen LogP contribution < -0.4 is 0 Å². The number of aromatic nitrogens is 1. The second kappa shape index (κ2) is 5.49. The Hall–Kier alpha value is -2.11. The molecule has 5 atom stereocenters. The van der Waals surface area contributed by atoms with E-state index in [2.05, 4.69) is 54.1 Å². The monoisotopic (exact) mass is 380 g/mol. The molecule has 28 heavy (non-hydrogen) atoms. The molecule has 0 saturated carbocycles. The third-order valence-corrected chi connectivity index (χ3v) is 8.21. The van der Waals surface area contributed by atoms with Crippen LogP contribution in [0.15, 0.2) is 35.9 Å². The molecule has 5 heteroatoms. The van der Waals surface area contributed by atoms with Gasteiger partial charge < -0.3 is 14.8 Å². The molecule has 4 aliphatic rings. The molecule has 4 bridgehead atoms. The molecule has 0 radical (unpaired) electrons. The van der Waals surface area contributed by atoms with Gasteiger partial charge in [0, 0.05) is 34.6 Å². The van der Waals surface area contributed by atoms with E-state index in [-0.39, 0.29) is 24.2 Å². The summed E-state index contributed by atoms with van der Waals surface area (Å²) in [5.74, 6) is -0.295. The lowest BCUT2D eigenvalue weighted by Gasteiger charge is -2.70. The lowest BCUT2D eigenvalue weighted by Crippen LogP contribution is -2.78. The number of benzene rings is 1. The molecular weight excluding hydrogens is 352 g/mol. The highest BCUT2D eigenvalue weighted by molar-refractivity contribution is 5.87. The van der Waals surface area contributed by atoms with E-state index in [1.807, 2.05) is 6.92 Å². The summed E-state index contributed by atoms with van der Waals surface area (Å²) < 4.78 is 5.32. The Balaban J connectivity index is 1.82. The Morgan fingerprint density at radius 2 is 2.14 bits per heavy atom. The Labute approximate surface area is 165 Å². The first-order chi connectivity index (χ1) is 13.4. The maximum atomic E-state index is 13.3. The summed E-state index contributed by atoms with van der Waals surface area (Å²) in [4.78, 5) is 19.4. The van der Waals surface area contributed by atoms with Crippen LogP contribution in [0.3, 0.4) is 0 Å². The summed E-state index contributed by atoms with van der Waals surface area (Å²) >= 11 is 0. The number of carbonyl (C=O) groups excluding carboxylic acids is 1. The lowest BCUT2D eigenvalue weighted by molar-refractivity contribution is -0.217. The van der Waals surface area contributed by atoms with Gasteiger partial charge in [-0.2, -0.15) is 0 Å². The van der Waals surface area contributed by atoms with Crippen LogP contribution in [-0.4, -0.2) is 47.3 Å². The number of carbonyl (C=O) groups is 1. The zero-order chi connectivity index (χ0) is 19.9. The van der Waals surface area contributed by atoms with E-state index in [0.29, 0.717) is 0 Å². The molecular formula is C23H28N2O3. The highest BCUT2D eigenvalue weighted by atomic mass is 16.5. The summed E-state index contributed by atoms with van der Waals surface area (Å²) in [5, 5.41) is 11.9. The minimum Gasteiger partial charge on any atom is -0.468 e. The Kier molecular flexibility index (Phi) is 3.52.